The van der Waals surface area contributed by atoms with Gasteiger partial charge in [0, 0.05) is 16.9 Å². The molecule has 5 nitrogen and oxygen atoms in total. The van der Waals surface area contributed by atoms with E-state index >= 15 is 0 Å². The van der Waals surface area contributed by atoms with Crippen LogP contribution in [0.3, 0.4) is 0 Å². The van der Waals surface area contributed by atoms with Crippen molar-refractivity contribution in [2.75, 3.05) is 0 Å². The molecule has 2 aromatic rings. The summed E-state index contributed by atoms with van der Waals surface area (Å²) in [5.74, 6) is 0. The van der Waals surface area contributed by atoms with Crippen LogP contribution in [0.2, 0.25) is 0 Å². The normalized spacial score (nSPS) is 11.1. The maximum atomic E-state index is 11.0. The van der Waals surface area contributed by atoms with Gasteiger partial charge in [-0.15, -0.1) is 0 Å². The van der Waals surface area contributed by atoms with E-state index in [9.17, 15) is 8.42 Å². The van der Waals surface area contributed by atoms with Gasteiger partial charge in [-0.1, -0.05) is 0 Å². The molecule has 0 radical (unpaired) electrons. The van der Waals surface area contributed by atoms with Gasteiger partial charge in [-0.25, -0.2) is 13.1 Å². The van der Waals surface area contributed by atoms with Crippen LogP contribution in [0.25, 0.3) is 5.69 Å². The molecule has 17 heavy (non-hydrogen) atoms. The number of aromatic nitrogens is 2. The van der Waals surface area contributed by atoms with Gasteiger partial charge in [0.25, 0.3) is 9.05 Å². The van der Waals surface area contributed by atoms with Gasteiger partial charge in [0.1, 0.15) is 6.07 Å². The second-order valence-electron chi connectivity index (χ2n) is 3.22. The highest BCUT2D eigenvalue weighted by molar-refractivity contribution is 8.13. The first-order chi connectivity index (χ1) is 8.00. The van der Waals surface area contributed by atoms with E-state index in [1.165, 1.54) is 23.0 Å². The standard InChI is InChI=1S/C10H6ClN3O2S/c11-17(15,16)10-3-1-9(2-4-10)14-7-8(5-12)6-13-14/h1-4,6-7H. The summed E-state index contributed by atoms with van der Waals surface area (Å²) < 4.78 is 23.5. The minimum absolute atomic E-state index is 0.0237. The van der Waals surface area contributed by atoms with Crippen molar-refractivity contribution >= 4 is 19.7 Å². The number of halogens is 1. The molecule has 0 unspecified atom stereocenters. The maximum Gasteiger partial charge on any atom is 0.261 e. The van der Waals surface area contributed by atoms with Crippen LogP contribution in [0.15, 0.2) is 41.6 Å². The number of hydrogen-bond acceptors (Lipinski definition) is 4. The Morgan fingerprint density at radius 1 is 1.29 bits per heavy atom. The number of nitrogens with zero attached hydrogens (tertiary/aromatic N) is 3. The zero-order chi connectivity index (χ0) is 12.5. The molecule has 1 aromatic heterocycles. The fraction of sp³-hybridized carbons (Fsp3) is 0. The second kappa shape index (κ2) is 4.20. The summed E-state index contributed by atoms with van der Waals surface area (Å²) >= 11 is 0. The van der Waals surface area contributed by atoms with E-state index in [1.807, 2.05) is 6.07 Å². The minimum atomic E-state index is -3.71. The van der Waals surface area contributed by atoms with Crippen molar-refractivity contribution in [2.24, 2.45) is 0 Å². The van der Waals surface area contributed by atoms with Crippen molar-refractivity contribution in [3.63, 3.8) is 0 Å². The Hall–Kier alpha value is -1.84. The molecule has 0 fully saturated rings. The van der Waals surface area contributed by atoms with Crippen LogP contribution in [-0.4, -0.2) is 18.2 Å². The van der Waals surface area contributed by atoms with E-state index in [1.54, 1.807) is 18.3 Å². The van der Waals surface area contributed by atoms with Gasteiger partial charge in [-0.3, -0.25) is 0 Å². The highest BCUT2D eigenvalue weighted by atomic mass is 35.7. The molecule has 2 rings (SSSR count). The number of hydrogen-bond donors (Lipinski definition) is 0. The third-order valence-electron chi connectivity index (χ3n) is 2.09. The summed E-state index contributed by atoms with van der Waals surface area (Å²) in [5.41, 5.74) is 1.08. The van der Waals surface area contributed by atoms with E-state index in [4.69, 9.17) is 15.9 Å². The van der Waals surface area contributed by atoms with E-state index in [0.717, 1.165) is 0 Å². The van der Waals surface area contributed by atoms with Crippen LogP contribution < -0.4 is 0 Å². The van der Waals surface area contributed by atoms with Crippen molar-refractivity contribution in [3.8, 4) is 11.8 Å². The lowest BCUT2D eigenvalue weighted by Crippen LogP contribution is -1.95. The average molecular weight is 268 g/mol. The highest BCUT2D eigenvalue weighted by Crippen LogP contribution is 2.17. The summed E-state index contributed by atoms with van der Waals surface area (Å²) in [5, 5.41) is 12.6. The van der Waals surface area contributed by atoms with Gasteiger partial charge in [-0.2, -0.15) is 10.4 Å². The second-order valence-corrected chi connectivity index (χ2v) is 5.78. The van der Waals surface area contributed by atoms with Gasteiger partial charge in [0.05, 0.1) is 22.3 Å². The third-order valence-corrected chi connectivity index (χ3v) is 3.46. The minimum Gasteiger partial charge on any atom is -0.240 e. The van der Waals surface area contributed by atoms with E-state index in [0.29, 0.717) is 11.3 Å². The SMILES string of the molecule is N#Cc1cnn(-c2ccc(S(=O)(=O)Cl)cc2)c1. The molecule has 0 spiro atoms. The van der Waals surface area contributed by atoms with Gasteiger partial charge in [0.2, 0.25) is 0 Å². The fourth-order valence-electron chi connectivity index (χ4n) is 1.28. The van der Waals surface area contributed by atoms with Crippen LogP contribution in [-0.2, 0) is 9.05 Å². The fourth-order valence-corrected chi connectivity index (χ4v) is 2.05. The first-order valence-corrected chi connectivity index (χ1v) is 6.81. The molecule has 0 aliphatic rings. The third kappa shape index (κ3) is 2.46. The lowest BCUT2D eigenvalue weighted by Gasteiger charge is -2.01. The van der Waals surface area contributed by atoms with Crippen molar-refractivity contribution in [1.82, 2.24) is 9.78 Å². The number of nitriles is 1. The summed E-state index contributed by atoms with van der Waals surface area (Å²) in [7, 11) is 1.48. The van der Waals surface area contributed by atoms with E-state index in [-0.39, 0.29) is 4.90 Å². The van der Waals surface area contributed by atoms with Crippen molar-refractivity contribution < 1.29 is 8.42 Å². The van der Waals surface area contributed by atoms with Gasteiger partial charge in [-0.05, 0) is 24.3 Å². The van der Waals surface area contributed by atoms with Crippen LogP contribution >= 0.6 is 10.7 Å². The zero-order valence-electron chi connectivity index (χ0n) is 8.41. The smallest absolute Gasteiger partial charge is 0.240 e. The predicted molar refractivity (Wildman–Crippen MR) is 61.3 cm³/mol. The molecule has 7 heteroatoms. The molecule has 1 aromatic carbocycles. The predicted octanol–water partition coefficient (Wildman–Crippen LogP) is 1.67. The lowest BCUT2D eigenvalue weighted by atomic mass is 10.3. The first-order valence-electron chi connectivity index (χ1n) is 4.50. The molecule has 0 aliphatic carbocycles. The Morgan fingerprint density at radius 3 is 2.41 bits per heavy atom. The van der Waals surface area contributed by atoms with Gasteiger partial charge in [0.15, 0.2) is 0 Å². The molecule has 0 N–H and O–H groups in total. The number of benzene rings is 1. The molecule has 0 saturated heterocycles. The van der Waals surface area contributed by atoms with Crippen molar-refractivity contribution in [3.05, 3.63) is 42.2 Å². The molecular formula is C10H6ClN3O2S. The summed E-state index contributed by atoms with van der Waals surface area (Å²) in [6, 6.07) is 7.83. The van der Waals surface area contributed by atoms with Crippen LogP contribution in [0, 0.1) is 11.3 Å². The van der Waals surface area contributed by atoms with Crippen molar-refractivity contribution in [1.29, 1.82) is 5.26 Å². The topological polar surface area (TPSA) is 75.8 Å². The monoisotopic (exact) mass is 267 g/mol. The molecule has 86 valence electrons. The summed E-state index contributed by atoms with van der Waals surface area (Å²) in [6.45, 7) is 0. The summed E-state index contributed by atoms with van der Waals surface area (Å²) in [6.07, 6.45) is 2.97. The van der Waals surface area contributed by atoms with Gasteiger partial charge < -0.3 is 0 Å². The van der Waals surface area contributed by atoms with Crippen molar-refractivity contribution in [2.45, 2.75) is 4.90 Å². The largest absolute Gasteiger partial charge is 0.261 e. The molecule has 0 bridgehead atoms. The number of rotatable bonds is 2. The van der Waals surface area contributed by atoms with Crippen LogP contribution in [0.4, 0.5) is 0 Å². The molecule has 0 aliphatic heterocycles. The van der Waals surface area contributed by atoms with E-state index < -0.39 is 9.05 Å². The zero-order valence-corrected chi connectivity index (χ0v) is 9.98. The summed E-state index contributed by atoms with van der Waals surface area (Å²) in [4.78, 5) is 0.0237. The Bertz CT molecular complexity index is 683. The molecule has 0 saturated carbocycles. The quantitative estimate of drug-likeness (QED) is 0.776. The Labute approximate surface area is 102 Å². The maximum absolute atomic E-state index is 11.0. The first kappa shape index (κ1) is 11.6. The average Bonchev–Trinajstić information content (AvgIpc) is 2.76. The molecular weight excluding hydrogens is 262 g/mol. The Balaban J connectivity index is 2.40. The lowest BCUT2D eigenvalue weighted by molar-refractivity contribution is 0.609. The van der Waals surface area contributed by atoms with Gasteiger partial charge >= 0.3 is 0 Å². The Kier molecular flexibility index (Phi) is 2.88. The molecule has 0 amide bonds. The molecule has 1 heterocycles. The molecule has 0 atom stereocenters. The Morgan fingerprint density at radius 2 is 1.94 bits per heavy atom. The highest BCUT2D eigenvalue weighted by Gasteiger charge is 2.09. The van der Waals surface area contributed by atoms with Crippen LogP contribution in [0.1, 0.15) is 5.56 Å². The van der Waals surface area contributed by atoms with E-state index in [2.05, 4.69) is 5.10 Å². The van der Waals surface area contributed by atoms with Crippen LogP contribution in [0.5, 0.6) is 0 Å².